The molecule has 0 aromatic heterocycles. The van der Waals surface area contributed by atoms with Gasteiger partial charge < -0.3 is 16.2 Å². The highest BCUT2D eigenvalue weighted by molar-refractivity contribution is 5.77. The van der Waals surface area contributed by atoms with Crippen LogP contribution in [0.15, 0.2) is 0 Å². The van der Waals surface area contributed by atoms with Crippen LogP contribution in [0.3, 0.4) is 0 Å². The summed E-state index contributed by atoms with van der Waals surface area (Å²) >= 11 is 0. The second kappa shape index (κ2) is 8.10. The summed E-state index contributed by atoms with van der Waals surface area (Å²) in [6.07, 6.45) is 2.15. The van der Waals surface area contributed by atoms with Crippen molar-refractivity contribution in [2.75, 3.05) is 13.1 Å². The van der Waals surface area contributed by atoms with E-state index < -0.39 is 11.9 Å². The van der Waals surface area contributed by atoms with Crippen molar-refractivity contribution in [2.24, 2.45) is 17.6 Å². The highest BCUT2D eigenvalue weighted by Crippen LogP contribution is 2.08. The third-order valence-electron chi connectivity index (χ3n) is 2.55. The summed E-state index contributed by atoms with van der Waals surface area (Å²) in [5.41, 5.74) is 5.40. The van der Waals surface area contributed by atoms with Crippen LogP contribution in [0.5, 0.6) is 0 Å². The first-order chi connectivity index (χ1) is 7.47. The van der Waals surface area contributed by atoms with E-state index in [0.717, 1.165) is 12.8 Å². The Bertz CT molecular complexity index is 231. The minimum absolute atomic E-state index is 0.0861. The highest BCUT2D eigenvalue weighted by atomic mass is 16.4. The van der Waals surface area contributed by atoms with E-state index in [1.54, 1.807) is 6.92 Å². The molecule has 5 nitrogen and oxygen atoms in total. The van der Waals surface area contributed by atoms with Crippen LogP contribution in [0.1, 0.15) is 33.1 Å². The Morgan fingerprint density at radius 2 is 1.94 bits per heavy atom. The van der Waals surface area contributed by atoms with Gasteiger partial charge in [0.2, 0.25) is 5.91 Å². The second-order valence-corrected chi connectivity index (χ2v) is 4.26. The van der Waals surface area contributed by atoms with Gasteiger partial charge in [0.25, 0.3) is 0 Å². The second-order valence-electron chi connectivity index (χ2n) is 4.26. The Labute approximate surface area is 96.4 Å². The van der Waals surface area contributed by atoms with E-state index in [1.165, 1.54) is 0 Å². The molecule has 5 heteroatoms. The first-order valence-corrected chi connectivity index (χ1v) is 5.67. The lowest BCUT2D eigenvalue weighted by atomic mass is 10.0. The average molecular weight is 230 g/mol. The van der Waals surface area contributed by atoms with Gasteiger partial charge in [-0.3, -0.25) is 9.59 Å². The molecule has 0 aliphatic heterocycles. The number of carbonyl (C=O) groups is 2. The lowest BCUT2D eigenvalue weighted by molar-refractivity contribution is -0.141. The molecule has 0 aliphatic rings. The van der Waals surface area contributed by atoms with Gasteiger partial charge >= 0.3 is 5.97 Å². The summed E-state index contributed by atoms with van der Waals surface area (Å²) in [6, 6.07) is 0. The third-order valence-corrected chi connectivity index (χ3v) is 2.55. The van der Waals surface area contributed by atoms with Crippen molar-refractivity contribution >= 4 is 11.9 Å². The Hall–Kier alpha value is -1.10. The van der Waals surface area contributed by atoms with Crippen LogP contribution in [0.25, 0.3) is 0 Å². The Morgan fingerprint density at radius 1 is 1.31 bits per heavy atom. The number of aliphatic carboxylic acids is 1. The average Bonchev–Trinajstić information content (AvgIpc) is 2.23. The van der Waals surface area contributed by atoms with Gasteiger partial charge in [0.1, 0.15) is 0 Å². The number of rotatable bonds is 8. The molecule has 94 valence electrons. The normalized spacial score (nSPS) is 14.2. The van der Waals surface area contributed by atoms with Crippen molar-refractivity contribution in [3.63, 3.8) is 0 Å². The minimum atomic E-state index is -0.892. The maximum Gasteiger partial charge on any atom is 0.308 e. The van der Waals surface area contributed by atoms with E-state index in [2.05, 4.69) is 12.2 Å². The van der Waals surface area contributed by atoms with E-state index >= 15 is 0 Å². The number of hydrogen-bond acceptors (Lipinski definition) is 3. The summed E-state index contributed by atoms with van der Waals surface area (Å²) in [4.78, 5) is 21.8. The summed E-state index contributed by atoms with van der Waals surface area (Å²) < 4.78 is 0. The molecule has 0 saturated carbocycles. The lowest BCUT2D eigenvalue weighted by Crippen LogP contribution is -2.31. The topological polar surface area (TPSA) is 92.4 Å². The monoisotopic (exact) mass is 230 g/mol. The highest BCUT2D eigenvalue weighted by Gasteiger charge is 2.12. The molecule has 0 aromatic rings. The molecule has 0 saturated heterocycles. The zero-order valence-electron chi connectivity index (χ0n) is 10.0. The predicted molar refractivity (Wildman–Crippen MR) is 61.9 cm³/mol. The predicted octanol–water partition coefficient (Wildman–Crippen LogP) is 0.588. The molecule has 0 aromatic carbocycles. The molecule has 16 heavy (non-hydrogen) atoms. The molecule has 0 spiro atoms. The first kappa shape index (κ1) is 14.9. The smallest absolute Gasteiger partial charge is 0.308 e. The number of carbonyl (C=O) groups excluding carboxylic acids is 1. The fraction of sp³-hybridized carbons (Fsp3) is 0.818. The molecule has 0 bridgehead atoms. The largest absolute Gasteiger partial charge is 0.481 e. The molecule has 1 amide bonds. The van der Waals surface area contributed by atoms with Gasteiger partial charge in [0.15, 0.2) is 0 Å². The van der Waals surface area contributed by atoms with Crippen LogP contribution in [-0.2, 0) is 9.59 Å². The van der Waals surface area contributed by atoms with Gasteiger partial charge in [-0.15, -0.1) is 0 Å². The Morgan fingerprint density at radius 3 is 2.44 bits per heavy atom. The zero-order valence-corrected chi connectivity index (χ0v) is 10.0. The van der Waals surface area contributed by atoms with E-state index in [1.807, 2.05) is 0 Å². The van der Waals surface area contributed by atoms with Gasteiger partial charge in [0.05, 0.1) is 5.92 Å². The quantitative estimate of drug-likeness (QED) is 0.569. The van der Waals surface area contributed by atoms with Crippen molar-refractivity contribution in [1.29, 1.82) is 0 Å². The number of nitrogens with one attached hydrogen (secondary N) is 1. The Kier molecular flexibility index (Phi) is 7.54. The Balaban J connectivity index is 3.63. The molecular formula is C11H22N2O3. The molecule has 0 fully saturated rings. The first-order valence-electron chi connectivity index (χ1n) is 5.67. The van der Waals surface area contributed by atoms with Gasteiger partial charge in [-0.2, -0.15) is 0 Å². The molecule has 0 rings (SSSR count). The van der Waals surface area contributed by atoms with Gasteiger partial charge in [-0.25, -0.2) is 0 Å². The molecule has 2 unspecified atom stereocenters. The number of carboxylic acids is 1. The van der Waals surface area contributed by atoms with Crippen molar-refractivity contribution in [1.82, 2.24) is 5.32 Å². The summed E-state index contributed by atoms with van der Waals surface area (Å²) in [7, 11) is 0. The molecule has 0 aliphatic carbocycles. The summed E-state index contributed by atoms with van der Waals surface area (Å²) in [6.45, 7) is 4.46. The molecular weight excluding hydrogens is 208 g/mol. The van der Waals surface area contributed by atoms with E-state index in [4.69, 9.17) is 10.8 Å². The van der Waals surface area contributed by atoms with Crippen molar-refractivity contribution in [3.05, 3.63) is 0 Å². The van der Waals surface area contributed by atoms with Crippen LogP contribution in [0, 0.1) is 11.8 Å². The fourth-order valence-electron chi connectivity index (χ4n) is 1.25. The fourth-order valence-corrected chi connectivity index (χ4v) is 1.25. The van der Waals surface area contributed by atoms with Gasteiger partial charge in [0, 0.05) is 13.0 Å². The maximum absolute atomic E-state index is 11.3. The van der Waals surface area contributed by atoms with Gasteiger partial charge in [-0.05, 0) is 25.3 Å². The lowest BCUT2D eigenvalue weighted by Gasteiger charge is -2.11. The van der Waals surface area contributed by atoms with Crippen LogP contribution < -0.4 is 11.1 Å². The number of amides is 1. The molecule has 2 atom stereocenters. The molecule has 0 heterocycles. The van der Waals surface area contributed by atoms with Crippen molar-refractivity contribution < 1.29 is 14.7 Å². The SMILES string of the molecule is CC(CCN)CCC(=O)NCC(C)C(=O)O. The van der Waals surface area contributed by atoms with Crippen molar-refractivity contribution in [2.45, 2.75) is 33.1 Å². The van der Waals surface area contributed by atoms with E-state index in [9.17, 15) is 9.59 Å². The van der Waals surface area contributed by atoms with Gasteiger partial charge in [-0.1, -0.05) is 13.8 Å². The third kappa shape index (κ3) is 7.23. The summed E-state index contributed by atoms with van der Waals surface area (Å²) in [5, 5.41) is 11.2. The molecule has 0 radical (unpaired) electrons. The van der Waals surface area contributed by atoms with Crippen LogP contribution >= 0.6 is 0 Å². The maximum atomic E-state index is 11.3. The van der Waals surface area contributed by atoms with Crippen LogP contribution in [0.2, 0.25) is 0 Å². The summed E-state index contributed by atoms with van der Waals surface area (Å²) in [5.74, 6) is -1.08. The number of hydrogen-bond donors (Lipinski definition) is 3. The zero-order chi connectivity index (χ0) is 12.6. The number of carboxylic acid groups (broad SMARTS) is 1. The minimum Gasteiger partial charge on any atom is -0.481 e. The van der Waals surface area contributed by atoms with E-state index in [0.29, 0.717) is 18.9 Å². The van der Waals surface area contributed by atoms with Crippen LogP contribution in [0.4, 0.5) is 0 Å². The van der Waals surface area contributed by atoms with Crippen LogP contribution in [-0.4, -0.2) is 30.1 Å². The standard InChI is InChI=1S/C11H22N2O3/c1-8(5-6-12)3-4-10(14)13-7-9(2)11(15)16/h8-9H,3-7,12H2,1-2H3,(H,13,14)(H,15,16). The van der Waals surface area contributed by atoms with E-state index in [-0.39, 0.29) is 12.5 Å². The number of nitrogens with two attached hydrogens (primary N) is 1. The molecule has 4 N–H and O–H groups in total. The van der Waals surface area contributed by atoms with Crippen molar-refractivity contribution in [3.8, 4) is 0 Å².